The molecule has 2 aromatic rings. The molecule has 4 N–H and O–H groups in total. The maximum Gasteiger partial charge on any atom is 0.312 e. The van der Waals surface area contributed by atoms with Gasteiger partial charge in [-0.25, -0.2) is 4.99 Å². The molecule has 57 heavy (non-hydrogen) atoms. The van der Waals surface area contributed by atoms with Crippen molar-refractivity contribution in [1.29, 1.82) is 0 Å². The van der Waals surface area contributed by atoms with E-state index < -0.39 is 65.5 Å². The molecule has 0 aromatic heterocycles. The number of benzene rings is 2. The summed E-state index contributed by atoms with van der Waals surface area (Å²) in [5.74, 6) is -6.43. The number of amides is 1. The first kappa shape index (κ1) is 41.8. The Labute approximate surface area is 342 Å². The zero-order valence-corrected chi connectivity index (χ0v) is 34.4. The van der Waals surface area contributed by atoms with E-state index in [2.05, 4.69) is 26.2 Å². The topological polar surface area (TPSA) is 200 Å². The van der Waals surface area contributed by atoms with Gasteiger partial charge >= 0.3 is 11.8 Å². The first-order valence-electron chi connectivity index (χ1n) is 18.1. The summed E-state index contributed by atoms with van der Waals surface area (Å²) in [5, 5.41) is 36.5. The van der Waals surface area contributed by atoms with Gasteiger partial charge in [0, 0.05) is 60.4 Å². The van der Waals surface area contributed by atoms with Gasteiger partial charge in [0.1, 0.15) is 35.1 Å². The van der Waals surface area contributed by atoms with Gasteiger partial charge in [0.25, 0.3) is 11.7 Å². The number of allylic oxidation sites excluding steroid dienone is 4. The van der Waals surface area contributed by atoms with E-state index in [1.54, 1.807) is 12.2 Å². The van der Waals surface area contributed by atoms with Crippen LogP contribution in [0.25, 0.3) is 0 Å². The third-order valence-electron chi connectivity index (χ3n) is 10.5. The van der Waals surface area contributed by atoms with Crippen molar-refractivity contribution < 1.29 is 58.2 Å². The normalized spacial score (nSPS) is 31.6. The second-order valence-corrected chi connectivity index (χ2v) is 15.8. The van der Waals surface area contributed by atoms with Crippen LogP contribution >= 0.6 is 27.5 Å². The summed E-state index contributed by atoms with van der Waals surface area (Å²) in [6.07, 6.45) is 4.80. The Kier molecular flexibility index (Phi) is 11.9. The van der Waals surface area contributed by atoms with Gasteiger partial charge in [0.15, 0.2) is 0 Å². The van der Waals surface area contributed by atoms with Crippen LogP contribution < -0.4 is 10.1 Å². The maximum absolute atomic E-state index is 14.4. The number of methoxy groups -OCH3 is 1. The largest absolute Gasteiger partial charge is 0.507 e. The third kappa shape index (κ3) is 7.91. The second kappa shape index (κ2) is 16.2. The van der Waals surface area contributed by atoms with Crippen molar-refractivity contribution in [2.24, 2.45) is 16.8 Å². The summed E-state index contributed by atoms with van der Waals surface area (Å²) in [6, 6.07) is 2.67. The van der Waals surface area contributed by atoms with Crippen LogP contribution in [0.2, 0.25) is 5.02 Å². The smallest absolute Gasteiger partial charge is 0.312 e. The fourth-order valence-electron chi connectivity index (χ4n) is 7.31. The highest BCUT2D eigenvalue weighted by atomic mass is 79.9. The lowest BCUT2D eigenvalue weighted by molar-refractivity contribution is -0.161. The molecule has 14 nitrogen and oxygen atoms in total. The Morgan fingerprint density at radius 3 is 2.49 bits per heavy atom. The number of rotatable bonds is 3. The number of hydrogen-bond donors (Lipinski definition) is 4. The highest BCUT2D eigenvalue weighted by molar-refractivity contribution is 9.10. The quantitative estimate of drug-likeness (QED) is 0.255. The van der Waals surface area contributed by atoms with Crippen LogP contribution in [0, 0.1) is 18.8 Å². The number of ether oxygens (including phenoxy) is 5. The summed E-state index contributed by atoms with van der Waals surface area (Å²) in [4.78, 5) is 59.1. The number of fused-ring (bicyclic) bond motifs is 9. The number of Topliss-reactive ketones (excluding diaryl/α,β-unsaturated/α-hetero) is 2. The maximum atomic E-state index is 14.4. The number of aliphatic hydroxyl groups is 1. The van der Waals surface area contributed by atoms with Crippen molar-refractivity contribution in [2.45, 2.75) is 84.3 Å². The highest BCUT2D eigenvalue weighted by Crippen LogP contribution is 2.49. The van der Waals surface area contributed by atoms with Gasteiger partial charge in [-0.3, -0.25) is 19.2 Å². The zero-order chi connectivity index (χ0) is 41.7. The number of halogens is 2. The molecule has 2 aromatic carbocycles. The lowest BCUT2D eigenvalue weighted by Gasteiger charge is -2.28. The number of aliphatic imine (C=N–C) groups is 1. The minimum absolute atomic E-state index is 0.0358. The zero-order valence-electron chi connectivity index (χ0n) is 32.1. The fraction of sp³-hybridized carbons (Fsp3) is 0.390. The predicted octanol–water partition coefficient (Wildman–Crippen LogP) is 6.21. The lowest BCUT2D eigenvalue weighted by atomic mass is 9.83. The molecular formula is C41H42BrClN2O12. The number of esters is 1. The molecule has 7 rings (SSSR count). The van der Waals surface area contributed by atoms with Gasteiger partial charge < -0.3 is 44.3 Å². The van der Waals surface area contributed by atoms with Gasteiger partial charge in [0.2, 0.25) is 5.78 Å². The summed E-state index contributed by atoms with van der Waals surface area (Å²) in [6.45, 7) is 9.30. The third-order valence-corrected chi connectivity index (χ3v) is 11.7. The van der Waals surface area contributed by atoms with E-state index in [9.17, 15) is 34.5 Å². The van der Waals surface area contributed by atoms with Gasteiger partial charge in [-0.1, -0.05) is 43.7 Å². The van der Waals surface area contributed by atoms with Crippen LogP contribution in [0.15, 0.2) is 69.5 Å². The summed E-state index contributed by atoms with van der Waals surface area (Å²) >= 11 is 9.60. The number of carbonyl (C=O) groups excluding carboxylic acids is 4. The Hall–Kier alpha value is -4.80. The Bertz CT molecular complexity index is 2210. The van der Waals surface area contributed by atoms with Crippen molar-refractivity contribution in [3.63, 3.8) is 0 Å². The number of nitrogens with one attached hydrogen (secondary N) is 1. The predicted molar refractivity (Wildman–Crippen MR) is 211 cm³/mol. The van der Waals surface area contributed by atoms with Crippen LogP contribution in [0.3, 0.4) is 0 Å². The molecule has 4 aliphatic heterocycles. The molecule has 0 saturated carbocycles. The van der Waals surface area contributed by atoms with Crippen LogP contribution in [-0.2, 0) is 28.5 Å². The van der Waals surface area contributed by atoms with E-state index in [1.165, 1.54) is 71.4 Å². The fourth-order valence-corrected chi connectivity index (χ4v) is 7.80. The van der Waals surface area contributed by atoms with E-state index >= 15 is 0 Å². The number of carbonyl (C=O) groups is 4. The van der Waals surface area contributed by atoms with Crippen LogP contribution in [-0.4, -0.2) is 87.9 Å². The molecule has 8 atom stereocenters. The molecular weight excluding hydrogens is 828 g/mol. The van der Waals surface area contributed by atoms with Crippen molar-refractivity contribution in [3.05, 3.63) is 91.8 Å². The van der Waals surface area contributed by atoms with E-state index in [4.69, 9.17) is 35.3 Å². The molecule has 1 fully saturated rings. The van der Waals surface area contributed by atoms with Gasteiger partial charge in [-0.2, -0.15) is 0 Å². The second-order valence-electron chi connectivity index (χ2n) is 14.5. The molecule has 302 valence electrons. The molecule has 16 heteroatoms. The summed E-state index contributed by atoms with van der Waals surface area (Å²) in [7, 11) is 1.43. The monoisotopic (exact) mass is 868 g/mol. The van der Waals surface area contributed by atoms with Crippen molar-refractivity contribution in [3.8, 4) is 17.2 Å². The van der Waals surface area contributed by atoms with Gasteiger partial charge in [-0.15, -0.1) is 0 Å². The Morgan fingerprint density at radius 1 is 1.09 bits per heavy atom. The minimum atomic E-state index is -2.04. The molecule has 0 spiro atoms. The first-order valence-corrected chi connectivity index (χ1v) is 19.2. The molecule has 7 bridgehead atoms. The molecule has 1 saturated heterocycles. The van der Waals surface area contributed by atoms with Crippen LogP contribution in [0.5, 0.6) is 17.2 Å². The number of aromatic hydroxyl groups is 2. The average Bonchev–Trinajstić information content (AvgIpc) is 3.59. The highest BCUT2D eigenvalue weighted by Gasteiger charge is 2.52. The molecule has 0 unspecified atom stereocenters. The van der Waals surface area contributed by atoms with E-state index in [1.807, 2.05) is 13.8 Å². The first-order chi connectivity index (χ1) is 26.9. The summed E-state index contributed by atoms with van der Waals surface area (Å²) < 4.78 is 30.1. The number of nitrogens with zero attached hydrogens (tertiary/aromatic N) is 1. The molecule has 1 aliphatic carbocycles. The van der Waals surface area contributed by atoms with E-state index in [0.717, 1.165) is 0 Å². The van der Waals surface area contributed by atoms with Crippen molar-refractivity contribution in [1.82, 2.24) is 5.32 Å². The molecule has 4 heterocycles. The van der Waals surface area contributed by atoms with Crippen LogP contribution in [0.1, 0.15) is 72.9 Å². The van der Waals surface area contributed by atoms with Crippen molar-refractivity contribution in [2.75, 3.05) is 7.11 Å². The Balaban J connectivity index is 1.51. The minimum Gasteiger partial charge on any atom is -0.507 e. The molecule has 1 amide bonds. The molecule has 5 aliphatic rings. The average molecular weight is 870 g/mol. The molecule has 0 radical (unpaired) electrons. The van der Waals surface area contributed by atoms with Crippen molar-refractivity contribution >= 4 is 62.4 Å². The number of phenols is 2. The van der Waals surface area contributed by atoms with Gasteiger partial charge in [0.05, 0.1) is 52.1 Å². The van der Waals surface area contributed by atoms with Crippen LogP contribution in [0.4, 0.5) is 5.69 Å². The summed E-state index contributed by atoms with van der Waals surface area (Å²) in [5.41, 5.74) is -0.782. The SMILES string of the molecule is CO[C@H]1/C=C/O[C@@]2(C)Oc3c(C)c(O)c4c(c3C2=O)/C(=N/c2cc(Cl)c(Br)cc2O)C=C(NC(=O)/C(C)=C\C=C\[C@H](C)[C@@H]2O[C@H]([C@H](O)[C@@H]2C)[C@H](OC(C)=O)C1)C4=O. The van der Waals surface area contributed by atoms with E-state index in [-0.39, 0.29) is 79.7 Å². The van der Waals surface area contributed by atoms with Gasteiger partial charge in [-0.05, 0) is 54.1 Å². The number of ketones is 2. The Morgan fingerprint density at radius 2 is 1.81 bits per heavy atom. The number of aliphatic hydroxyl groups excluding tert-OH is 1. The van der Waals surface area contributed by atoms with E-state index in [0.29, 0.717) is 4.47 Å². The standard InChI is InChI=1S/C41H42BrClN2O12/c1-17-9-8-10-18(2)40(52)45-27-16-26(44-25-15-24(43)23(42)14-28(25)47)30-31(35(27)50)33(48)19(3)37-32(30)39(51)41(6,57-37)54-12-11-22(53-7)13-29(55-21(5)46)38-34(49)20(4)36(17)56-38/h8-12,14-17,20,22,29,34,36,38,47-49H,13H2,1-7H3,(H,45,52)/b9-8+,12-11+,18-10-,44-26+/t17-,20-,22-,29+,34+,36-,38-,41-/m0/s1. The number of hydrogen-bond acceptors (Lipinski definition) is 13. The number of phenolic OH excluding ortho intramolecular Hbond substituents is 2. The lowest BCUT2D eigenvalue weighted by Crippen LogP contribution is -2.41.